The first-order valence-electron chi connectivity index (χ1n) is 32.5. The lowest BCUT2D eigenvalue weighted by Gasteiger charge is -2.49. The lowest BCUT2D eigenvalue weighted by atomic mass is 9.32. The van der Waals surface area contributed by atoms with Crippen molar-refractivity contribution in [2.24, 2.45) is 0 Å². The average Bonchev–Trinajstić information content (AvgIpc) is 1.01. The molecule has 0 saturated carbocycles. The van der Waals surface area contributed by atoms with Crippen LogP contribution in [0, 0.1) is 0 Å². The molecule has 0 radical (unpaired) electrons. The van der Waals surface area contributed by atoms with E-state index in [9.17, 15) is 0 Å². The van der Waals surface area contributed by atoms with E-state index in [1.54, 1.807) is 0 Å². The van der Waals surface area contributed by atoms with Gasteiger partial charge in [-0.05, 0) is 127 Å². The number of halogens is 2. The average molecular weight is 1320 g/mol. The smallest absolute Gasteiger partial charge is 0.329 e. The second kappa shape index (κ2) is 21.0. The predicted octanol–water partition coefficient (Wildman–Crippen LogP) is 15.5. The molecule has 4 nitrogen and oxygen atoms in total. The zero-order valence-electron chi connectivity index (χ0n) is 50.9. The van der Waals surface area contributed by atoms with Crippen molar-refractivity contribution < 1.29 is 0 Å². The number of anilines is 4. The Kier molecular flexibility index (Phi) is 12.1. The molecule has 0 atom stereocenters. The van der Waals surface area contributed by atoms with Gasteiger partial charge in [0.25, 0.3) is 5.54 Å². The molecule has 6 aliphatic rings. The van der Waals surface area contributed by atoms with E-state index in [1.807, 2.05) is 0 Å². The molecule has 0 spiro atoms. The Morgan fingerprint density at radius 1 is 0.234 bits per heavy atom. The lowest BCUT2D eigenvalue weighted by molar-refractivity contribution is 1.18. The number of fused-ring (bicyclic) bond motifs is 18. The highest BCUT2D eigenvalue weighted by Crippen LogP contribution is 2.49. The van der Waals surface area contributed by atoms with Gasteiger partial charge in [0.05, 0.1) is 22.1 Å². The second-order valence-electron chi connectivity index (χ2n) is 25.5. The Morgan fingerprint density at radius 2 is 0.500 bits per heavy atom. The summed E-state index contributed by atoms with van der Waals surface area (Å²) in [5, 5.41) is 5.17. The van der Waals surface area contributed by atoms with Crippen molar-refractivity contribution >= 4 is 173 Å². The van der Waals surface area contributed by atoms with E-state index in [2.05, 4.69) is 366 Å². The van der Waals surface area contributed by atoms with Crippen LogP contribution in [0.5, 0.6) is 0 Å². The van der Waals surface area contributed by atoms with Crippen molar-refractivity contribution in [1.29, 1.82) is 0 Å². The molecule has 0 amide bonds. The van der Waals surface area contributed by atoms with Crippen LogP contribution < -0.4 is 58.8 Å². The molecule has 16 aromatic rings. The maximum absolute atomic E-state index is 4.03. The summed E-state index contributed by atoms with van der Waals surface area (Å²) < 4.78 is 5.82. The van der Waals surface area contributed by atoms with Crippen molar-refractivity contribution in [2.45, 2.75) is 0 Å². The van der Waals surface area contributed by atoms with Gasteiger partial charge in [-0.2, -0.15) is 0 Å². The number of rotatable bonds is 3. The van der Waals surface area contributed by atoms with E-state index in [0.717, 1.165) is 4.47 Å². The van der Waals surface area contributed by atoms with E-state index >= 15 is 0 Å². The van der Waals surface area contributed by atoms with Gasteiger partial charge in [-0.1, -0.05) is 276 Å². The molecule has 0 fully saturated rings. The number of benzene rings is 14. The molecule has 434 valence electrons. The molecule has 0 bridgehead atoms. The van der Waals surface area contributed by atoms with Gasteiger partial charge in [0, 0.05) is 82.4 Å². The Labute approximate surface area is 563 Å². The van der Waals surface area contributed by atoms with Gasteiger partial charge in [0.15, 0.2) is 0 Å². The molecular weight excluding hydrogens is 1270 g/mol. The quantitative estimate of drug-likeness (QED) is 0.164. The minimum atomic E-state index is 0.129. The van der Waals surface area contributed by atoms with Gasteiger partial charge < -0.3 is 18.8 Å². The maximum atomic E-state index is 4.03. The van der Waals surface area contributed by atoms with Crippen LogP contribution in [0.3, 0.4) is 0 Å². The fraction of sp³-hybridized carbons (Fsp3) is 0. The number of hydrogen-bond donors (Lipinski definition) is 0. The number of nitrogens with zero attached hydrogens (tertiary/aromatic N) is 4. The molecule has 0 unspecified atom stereocenters. The molecule has 0 aliphatic carbocycles. The first kappa shape index (κ1) is 54.1. The van der Waals surface area contributed by atoms with Crippen LogP contribution in [0.2, 0.25) is 0 Å². The maximum Gasteiger partial charge on any atom is 0.329 e. The highest BCUT2D eigenvalue weighted by molar-refractivity contribution is 9.25. The molecule has 0 saturated heterocycles. The summed E-state index contributed by atoms with van der Waals surface area (Å²) in [6, 6.07) is 116. The number of aromatic nitrogens is 2. The van der Waals surface area contributed by atoms with Crippen LogP contribution in [-0.2, 0) is 0 Å². The Hall–Kier alpha value is -10.5. The number of hydrogen-bond acceptors (Lipinski definition) is 2. The fourth-order valence-corrected chi connectivity index (χ4v) is 18.1. The summed E-state index contributed by atoms with van der Waals surface area (Å²) in [7, 11) is 0. The van der Waals surface area contributed by atoms with E-state index in [-0.39, 0.29) is 25.9 Å². The van der Waals surface area contributed by atoms with Crippen molar-refractivity contribution in [2.75, 3.05) is 9.62 Å². The normalized spacial score (nSPS) is 13.3. The minimum absolute atomic E-state index is 0.129. The molecule has 8 heterocycles. The summed E-state index contributed by atoms with van der Waals surface area (Å²) in [5.41, 5.74) is 36.1. The van der Waals surface area contributed by atoms with Gasteiger partial charge >= 0.3 is 13.7 Å². The zero-order chi connectivity index (χ0) is 61.9. The fourth-order valence-electron chi connectivity index (χ4n) is 17.1. The van der Waals surface area contributed by atoms with Gasteiger partial charge in [0.2, 0.25) is 6.71 Å². The largest absolute Gasteiger partial charge is 0.377 e. The monoisotopic (exact) mass is 1320 g/mol. The Balaban J connectivity index is 0.000000107. The van der Waals surface area contributed by atoms with Crippen LogP contribution in [0.25, 0.3) is 99.5 Å². The van der Waals surface area contributed by atoms with E-state index < -0.39 is 0 Å². The summed E-state index contributed by atoms with van der Waals surface area (Å²) >= 11 is 7.53. The van der Waals surface area contributed by atoms with E-state index in [4.69, 9.17) is 0 Å². The molecule has 22 rings (SSSR count). The topological polar surface area (TPSA) is 16.3 Å². The van der Waals surface area contributed by atoms with Crippen molar-refractivity contribution in [3.05, 3.63) is 320 Å². The Morgan fingerprint density at radius 3 is 0.851 bits per heavy atom. The molecule has 0 N–H and O–H groups in total. The first-order chi connectivity index (χ1) is 46.6. The van der Waals surface area contributed by atoms with Crippen LogP contribution >= 0.6 is 31.7 Å². The van der Waals surface area contributed by atoms with Crippen LogP contribution in [0.4, 0.5) is 22.7 Å². The third-order valence-electron chi connectivity index (χ3n) is 20.8. The standard InChI is InChI=1S/C42H26B2N2.C24H14B2BrN.C18H12BrN/c1-5-17-35-29(11-1)33-15-9-19-37-41(33)46-42-34(30-12-2-6-18-36(30)44(35)46)16-10-20-38(42)43(37)27-23-25-28(26-24-27)45-39-21-7-3-13-31(39)32-14-4-8-22-40(32)45;27-25-21-13-5-9-17-15-7-1-3-11-19(15)26-20-12-4-2-8-16(20)18-10-6-14-22(25)24(18)28(26)23(17)21;19-13-9-11-14(12-10-13)20-17-7-3-1-5-15(17)16-6-2-4-8-18(16)20/h1-26H;1-14H;1-12H. The Bertz CT molecular complexity index is 5560. The SMILES string of the molecule is BrB1c2cccc3c2N2B(c4ccccc4-3)c3ccccc3-c3cccc1c32.Brc1ccc(-n2c3ccccc3c3ccccc32)cc1.c1ccc2c(c1)B1c3ccccc3-c3cccc4c3N1c1c(cccc1-2)B4c1ccc(-n2c3ccccc3c3ccccc32)cc1. The summed E-state index contributed by atoms with van der Waals surface area (Å²) in [6.45, 7) is 0.493. The highest BCUT2D eigenvalue weighted by atomic mass is 79.9. The van der Waals surface area contributed by atoms with Crippen LogP contribution in [-0.4, -0.2) is 35.1 Å². The second-order valence-corrected chi connectivity index (χ2v) is 27.3. The van der Waals surface area contributed by atoms with Crippen LogP contribution in [0.15, 0.2) is 320 Å². The summed E-state index contributed by atoms with van der Waals surface area (Å²) in [6.07, 6.45) is 0. The third-order valence-corrected chi connectivity index (χ3v) is 22.3. The predicted molar refractivity (Wildman–Crippen MR) is 410 cm³/mol. The molecule has 10 heteroatoms. The van der Waals surface area contributed by atoms with Gasteiger partial charge in [-0.15, -0.1) is 15.8 Å². The van der Waals surface area contributed by atoms with E-state index in [1.165, 1.54) is 171 Å². The van der Waals surface area contributed by atoms with Gasteiger partial charge in [-0.3, -0.25) is 0 Å². The van der Waals surface area contributed by atoms with Gasteiger partial charge in [0.1, 0.15) is 0 Å². The third kappa shape index (κ3) is 7.72. The van der Waals surface area contributed by atoms with E-state index in [0.29, 0.717) is 0 Å². The lowest BCUT2D eigenvalue weighted by Crippen LogP contribution is -2.67. The first-order valence-corrected chi connectivity index (χ1v) is 34.2. The molecule has 6 aliphatic heterocycles. The summed E-state index contributed by atoms with van der Waals surface area (Å²) in [5.74, 6) is 0. The molecule has 94 heavy (non-hydrogen) atoms. The zero-order valence-corrected chi connectivity index (χ0v) is 54.0. The van der Waals surface area contributed by atoms with Crippen molar-refractivity contribution in [1.82, 2.24) is 9.13 Å². The van der Waals surface area contributed by atoms with Gasteiger partial charge in [-0.25, -0.2) is 0 Å². The van der Waals surface area contributed by atoms with Crippen molar-refractivity contribution in [3.8, 4) is 55.9 Å². The molecular formula is C84H52B4Br2N4. The molecule has 14 aromatic carbocycles. The number of para-hydroxylation sites is 8. The summed E-state index contributed by atoms with van der Waals surface area (Å²) in [4.78, 5) is 5.28. The highest BCUT2D eigenvalue weighted by Gasteiger charge is 2.50. The van der Waals surface area contributed by atoms with Crippen molar-refractivity contribution in [3.63, 3.8) is 0 Å². The minimum Gasteiger partial charge on any atom is -0.377 e. The molecule has 2 aromatic heterocycles. The van der Waals surface area contributed by atoms with Crippen LogP contribution in [0.1, 0.15) is 0 Å².